The maximum atomic E-state index is 13.4. The van der Waals surface area contributed by atoms with Gasteiger partial charge in [0, 0.05) is 17.7 Å². The third kappa shape index (κ3) is 5.41. The number of halogens is 3. The van der Waals surface area contributed by atoms with Gasteiger partial charge in [-0.15, -0.1) is 5.10 Å². The van der Waals surface area contributed by atoms with Crippen molar-refractivity contribution in [3.8, 4) is 11.5 Å². The number of H-pyrrole nitrogens is 1. The molecule has 3 aromatic rings. The highest BCUT2D eigenvalue weighted by Crippen LogP contribution is 2.30. The van der Waals surface area contributed by atoms with E-state index in [1.54, 1.807) is 18.2 Å². The van der Waals surface area contributed by atoms with Crippen molar-refractivity contribution in [2.24, 2.45) is 5.10 Å². The van der Waals surface area contributed by atoms with Crippen molar-refractivity contribution in [2.45, 2.75) is 12.0 Å². The Kier molecular flexibility index (Phi) is 6.61. The molecule has 0 radical (unpaired) electrons. The summed E-state index contributed by atoms with van der Waals surface area (Å²) in [5.74, 6) is 0.100. The Hall–Kier alpha value is -3.38. The summed E-state index contributed by atoms with van der Waals surface area (Å²) in [5.41, 5.74) is 1.11. The summed E-state index contributed by atoms with van der Waals surface area (Å²) in [6, 6.07) is 10.6. The fourth-order valence-corrected chi connectivity index (χ4v) is 2.83. The standard InChI is InChI=1S/C18H14ClF2N5O4S/c1-29-15-7-2-11(9-22-25-16(18(19,20)21)23-24-17(25)31)8-12(15)10-30-14-5-3-13(4-6-14)26(27)28/h2-9H,10H2,1H3,(H,24,31)/b22-9+. The number of methoxy groups -OCH3 is 1. The highest BCUT2D eigenvalue weighted by molar-refractivity contribution is 7.71. The second kappa shape index (κ2) is 9.18. The molecule has 9 nitrogen and oxygen atoms in total. The van der Waals surface area contributed by atoms with Crippen LogP contribution in [-0.4, -0.2) is 33.1 Å². The largest absolute Gasteiger partial charge is 0.496 e. The highest BCUT2D eigenvalue weighted by atomic mass is 35.5. The smallest absolute Gasteiger partial charge is 0.383 e. The van der Waals surface area contributed by atoms with Gasteiger partial charge in [-0.1, -0.05) is 0 Å². The van der Waals surface area contributed by atoms with Crippen LogP contribution in [0.1, 0.15) is 17.0 Å². The third-order valence-corrected chi connectivity index (χ3v) is 4.41. The Balaban J connectivity index is 1.81. The van der Waals surface area contributed by atoms with E-state index in [9.17, 15) is 18.9 Å². The molecule has 0 saturated carbocycles. The van der Waals surface area contributed by atoms with Gasteiger partial charge in [0.05, 0.1) is 18.2 Å². The topological polar surface area (TPSA) is 108 Å². The van der Waals surface area contributed by atoms with Gasteiger partial charge < -0.3 is 9.47 Å². The number of ether oxygens (including phenoxy) is 2. The fourth-order valence-electron chi connectivity index (χ4n) is 2.52. The summed E-state index contributed by atoms with van der Waals surface area (Å²) in [4.78, 5) is 10.2. The minimum atomic E-state index is -3.76. The zero-order chi connectivity index (χ0) is 22.6. The van der Waals surface area contributed by atoms with E-state index in [1.807, 2.05) is 0 Å². The van der Waals surface area contributed by atoms with Crippen LogP contribution < -0.4 is 9.47 Å². The first-order chi connectivity index (χ1) is 14.7. The number of rotatable bonds is 8. The summed E-state index contributed by atoms with van der Waals surface area (Å²) in [6.07, 6.45) is 1.30. The lowest BCUT2D eigenvalue weighted by molar-refractivity contribution is -0.384. The number of nitro groups is 1. The van der Waals surface area contributed by atoms with E-state index in [0.717, 1.165) is 4.68 Å². The van der Waals surface area contributed by atoms with Crippen LogP contribution >= 0.6 is 23.8 Å². The molecule has 0 aliphatic rings. The number of aromatic nitrogens is 3. The molecule has 0 unspecified atom stereocenters. The fraction of sp³-hybridized carbons (Fsp3) is 0.167. The Labute approximate surface area is 184 Å². The quantitative estimate of drug-likeness (QED) is 0.170. The van der Waals surface area contributed by atoms with Gasteiger partial charge in [0.2, 0.25) is 10.6 Å². The Bertz CT molecular complexity index is 1170. The first kappa shape index (κ1) is 22.3. The normalized spacial score (nSPS) is 11.6. The Morgan fingerprint density at radius 1 is 1.35 bits per heavy atom. The van der Waals surface area contributed by atoms with E-state index in [-0.39, 0.29) is 17.1 Å². The van der Waals surface area contributed by atoms with Crippen LogP contribution in [0.4, 0.5) is 14.5 Å². The van der Waals surface area contributed by atoms with Crippen LogP contribution in [0, 0.1) is 14.9 Å². The molecule has 3 rings (SSSR count). The number of hydrogen-bond donors (Lipinski definition) is 1. The molecule has 0 amide bonds. The van der Waals surface area contributed by atoms with Crippen LogP contribution in [0.5, 0.6) is 11.5 Å². The summed E-state index contributed by atoms with van der Waals surface area (Å²) in [6.45, 7) is 0.0821. The summed E-state index contributed by atoms with van der Waals surface area (Å²) >= 11 is 9.92. The number of non-ortho nitro benzene ring substituents is 1. The van der Waals surface area contributed by atoms with Crippen molar-refractivity contribution in [3.63, 3.8) is 0 Å². The second-order valence-corrected chi connectivity index (χ2v) is 6.88. The molecule has 1 heterocycles. The van der Waals surface area contributed by atoms with Gasteiger partial charge in [-0.25, -0.2) is 5.10 Å². The van der Waals surface area contributed by atoms with Crippen molar-refractivity contribution in [3.05, 3.63) is 74.3 Å². The summed E-state index contributed by atoms with van der Waals surface area (Å²) in [5, 5.41) is 16.5. The molecule has 0 bridgehead atoms. The van der Waals surface area contributed by atoms with Crippen LogP contribution in [0.15, 0.2) is 47.6 Å². The van der Waals surface area contributed by atoms with Gasteiger partial charge in [0.25, 0.3) is 5.69 Å². The minimum absolute atomic E-state index is 0.0529. The molecule has 1 aromatic heterocycles. The van der Waals surface area contributed by atoms with Gasteiger partial charge in [0.1, 0.15) is 18.1 Å². The number of alkyl halides is 3. The van der Waals surface area contributed by atoms with Crippen LogP contribution in [-0.2, 0) is 12.0 Å². The lowest BCUT2D eigenvalue weighted by atomic mass is 10.1. The number of nitrogens with one attached hydrogen (secondary N) is 1. The maximum absolute atomic E-state index is 13.4. The van der Waals surface area contributed by atoms with Gasteiger partial charge in [-0.3, -0.25) is 10.1 Å². The van der Waals surface area contributed by atoms with E-state index >= 15 is 0 Å². The molecule has 31 heavy (non-hydrogen) atoms. The van der Waals surface area contributed by atoms with Gasteiger partial charge in [0.15, 0.2) is 0 Å². The molecule has 162 valence electrons. The van der Waals surface area contributed by atoms with E-state index in [2.05, 4.69) is 15.3 Å². The highest BCUT2D eigenvalue weighted by Gasteiger charge is 2.35. The third-order valence-electron chi connectivity index (χ3n) is 3.97. The number of hydrogen-bond acceptors (Lipinski definition) is 7. The molecule has 1 N–H and O–H groups in total. The summed E-state index contributed by atoms with van der Waals surface area (Å²) in [7, 11) is 1.48. The first-order valence-electron chi connectivity index (χ1n) is 8.52. The molecule has 13 heteroatoms. The van der Waals surface area contributed by atoms with Crippen molar-refractivity contribution in [2.75, 3.05) is 7.11 Å². The predicted molar refractivity (Wildman–Crippen MR) is 111 cm³/mol. The number of nitro benzene ring substituents is 1. The zero-order valence-corrected chi connectivity index (χ0v) is 17.4. The van der Waals surface area contributed by atoms with E-state index < -0.39 is 16.1 Å². The van der Waals surface area contributed by atoms with Crippen molar-refractivity contribution in [1.29, 1.82) is 0 Å². The lowest BCUT2D eigenvalue weighted by Crippen LogP contribution is -2.11. The lowest BCUT2D eigenvalue weighted by Gasteiger charge is -2.11. The molecule has 2 aromatic carbocycles. The second-order valence-electron chi connectivity index (χ2n) is 6.02. The van der Waals surface area contributed by atoms with E-state index in [1.165, 1.54) is 37.6 Å². The molecular weight excluding hydrogens is 456 g/mol. The van der Waals surface area contributed by atoms with Crippen molar-refractivity contribution < 1.29 is 23.2 Å². The SMILES string of the molecule is COc1ccc(/C=N/n2c(C(F)(F)Cl)n[nH]c2=S)cc1COc1ccc([N+](=O)[O-])cc1. The number of nitrogens with zero attached hydrogens (tertiary/aromatic N) is 4. The predicted octanol–water partition coefficient (Wildman–Crippen LogP) is 4.61. The molecular formula is C18H14ClF2N5O4S. The molecule has 0 aliphatic carbocycles. The monoisotopic (exact) mass is 469 g/mol. The minimum Gasteiger partial charge on any atom is -0.496 e. The summed E-state index contributed by atoms with van der Waals surface area (Å²) < 4.78 is 38.4. The first-order valence-corrected chi connectivity index (χ1v) is 9.31. The van der Waals surface area contributed by atoms with Gasteiger partial charge in [-0.05, 0) is 59.7 Å². The molecule has 0 saturated heterocycles. The molecule has 0 atom stereocenters. The van der Waals surface area contributed by atoms with E-state index in [0.29, 0.717) is 22.6 Å². The van der Waals surface area contributed by atoms with E-state index in [4.69, 9.17) is 33.3 Å². The van der Waals surface area contributed by atoms with Crippen molar-refractivity contribution in [1.82, 2.24) is 14.9 Å². The van der Waals surface area contributed by atoms with Crippen LogP contribution in [0.3, 0.4) is 0 Å². The molecule has 0 spiro atoms. The van der Waals surface area contributed by atoms with Gasteiger partial charge >= 0.3 is 5.38 Å². The van der Waals surface area contributed by atoms with Crippen LogP contribution in [0.25, 0.3) is 0 Å². The Morgan fingerprint density at radius 2 is 2.06 bits per heavy atom. The molecule has 0 fully saturated rings. The zero-order valence-electron chi connectivity index (χ0n) is 15.8. The Morgan fingerprint density at radius 3 is 2.68 bits per heavy atom. The number of aromatic amines is 1. The average molecular weight is 470 g/mol. The van der Waals surface area contributed by atoms with Crippen molar-refractivity contribution >= 4 is 35.7 Å². The average Bonchev–Trinajstić information content (AvgIpc) is 3.12. The maximum Gasteiger partial charge on any atom is 0.383 e. The molecule has 0 aliphatic heterocycles. The van der Waals surface area contributed by atoms with Gasteiger partial charge in [-0.2, -0.15) is 18.6 Å². The number of benzene rings is 2. The van der Waals surface area contributed by atoms with Crippen LogP contribution in [0.2, 0.25) is 0 Å².